The third kappa shape index (κ3) is 3.00. The van der Waals surface area contributed by atoms with Crippen molar-refractivity contribution in [2.24, 2.45) is 7.05 Å². The van der Waals surface area contributed by atoms with E-state index >= 15 is 0 Å². The smallest absolute Gasteiger partial charge is 0.254 e. The third-order valence-corrected chi connectivity index (χ3v) is 3.80. The van der Waals surface area contributed by atoms with Gasteiger partial charge >= 0.3 is 0 Å². The quantitative estimate of drug-likeness (QED) is 0.915. The van der Waals surface area contributed by atoms with Gasteiger partial charge in [-0.25, -0.2) is 9.97 Å². The summed E-state index contributed by atoms with van der Waals surface area (Å²) >= 11 is 1.38. The Morgan fingerprint density at radius 2 is 2.10 bits per heavy atom. The lowest BCUT2D eigenvalue weighted by molar-refractivity contribution is 0.0827. The van der Waals surface area contributed by atoms with Crippen LogP contribution in [0.1, 0.15) is 16.1 Å². The zero-order valence-corrected chi connectivity index (χ0v) is 12.4. The van der Waals surface area contributed by atoms with Gasteiger partial charge in [-0.3, -0.25) is 4.79 Å². The summed E-state index contributed by atoms with van der Waals surface area (Å²) in [5.74, 6) is -0.0754. The molecule has 0 bridgehead atoms. The molecule has 0 aromatic carbocycles. The summed E-state index contributed by atoms with van der Waals surface area (Å²) in [5, 5.41) is 10.6. The van der Waals surface area contributed by atoms with Gasteiger partial charge in [-0.15, -0.1) is 0 Å². The molecule has 1 amide bonds. The van der Waals surface area contributed by atoms with E-state index in [2.05, 4.69) is 9.97 Å². The average Bonchev–Trinajstić information content (AvgIpc) is 2.79. The topological polar surface area (TPSA) is 71.2 Å². The van der Waals surface area contributed by atoms with E-state index in [-0.39, 0.29) is 12.5 Å². The number of aromatic nitrogens is 3. The number of amides is 1. The van der Waals surface area contributed by atoms with Crippen molar-refractivity contribution in [2.75, 3.05) is 14.1 Å². The second-order valence-electron chi connectivity index (χ2n) is 4.44. The Balaban J connectivity index is 2.14. The Morgan fingerprint density at radius 1 is 1.35 bits per heavy atom. The van der Waals surface area contributed by atoms with Crippen LogP contribution in [0.3, 0.4) is 0 Å². The van der Waals surface area contributed by atoms with Gasteiger partial charge < -0.3 is 14.6 Å². The summed E-state index contributed by atoms with van der Waals surface area (Å²) in [6.45, 7) is -0.0479. The van der Waals surface area contributed by atoms with Gasteiger partial charge in [-0.05, 0) is 23.9 Å². The van der Waals surface area contributed by atoms with Crippen LogP contribution in [0, 0.1) is 0 Å². The van der Waals surface area contributed by atoms with Gasteiger partial charge in [0.05, 0.1) is 24.1 Å². The molecule has 0 saturated carbocycles. The van der Waals surface area contributed by atoms with E-state index < -0.39 is 0 Å². The minimum absolute atomic E-state index is 0.0479. The predicted molar refractivity (Wildman–Crippen MR) is 75.5 cm³/mol. The Labute approximate surface area is 121 Å². The fourth-order valence-electron chi connectivity index (χ4n) is 1.59. The van der Waals surface area contributed by atoms with E-state index in [1.54, 1.807) is 38.6 Å². The van der Waals surface area contributed by atoms with Crippen molar-refractivity contribution in [3.8, 4) is 0 Å². The van der Waals surface area contributed by atoms with E-state index in [9.17, 15) is 4.79 Å². The summed E-state index contributed by atoms with van der Waals surface area (Å²) in [5.41, 5.74) is 1.29. The number of nitrogens with zero attached hydrogens (tertiary/aromatic N) is 4. The first-order valence-electron chi connectivity index (χ1n) is 6.00. The first-order valence-corrected chi connectivity index (χ1v) is 6.81. The molecule has 6 nitrogen and oxygen atoms in total. The van der Waals surface area contributed by atoms with Gasteiger partial charge in [0, 0.05) is 27.3 Å². The van der Waals surface area contributed by atoms with Gasteiger partial charge in [0.15, 0.2) is 5.16 Å². The first kappa shape index (κ1) is 14.5. The molecule has 2 aromatic rings. The zero-order valence-electron chi connectivity index (χ0n) is 11.6. The SMILES string of the molecule is CN(C)C(=O)c1ccc(Sc2ncc(CO)n2C)nc1. The van der Waals surface area contributed by atoms with Crippen molar-refractivity contribution in [1.82, 2.24) is 19.4 Å². The van der Waals surface area contributed by atoms with Crippen molar-refractivity contribution in [1.29, 1.82) is 0 Å². The lowest BCUT2D eigenvalue weighted by Crippen LogP contribution is -2.21. The van der Waals surface area contributed by atoms with Crippen LogP contribution in [0.2, 0.25) is 0 Å². The van der Waals surface area contributed by atoms with Crippen molar-refractivity contribution in [2.45, 2.75) is 16.8 Å². The molecule has 0 spiro atoms. The maximum Gasteiger partial charge on any atom is 0.254 e. The number of pyridine rings is 1. The van der Waals surface area contributed by atoms with Crippen molar-refractivity contribution < 1.29 is 9.90 Å². The second kappa shape index (κ2) is 6.06. The molecule has 2 rings (SSSR count). The Morgan fingerprint density at radius 3 is 2.60 bits per heavy atom. The average molecular weight is 292 g/mol. The van der Waals surface area contributed by atoms with Gasteiger partial charge in [-0.1, -0.05) is 0 Å². The first-order chi connectivity index (χ1) is 9.52. The molecular formula is C13H16N4O2S. The minimum atomic E-state index is -0.0754. The number of imidazole rings is 1. The van der Waals surface area contributed by atoms with E-state index in [1.807, 2.05) is 11.6 Å². The summed E-state index contributed by atoms with van der Waals surface area (Å²) in [6.07, 6.45) is 3.19. The highest BCUT2D eigenvalue weighted by molar-refractivity contribution is 7.99. The second-order valence-corrected chi connectivity index (χ2v) is 5.42. The van der Waals surface area contributed by atoms with Crippen LogP contribution in [0.5, 0.6) is 0 Å². The number of rotatable bonds is 4. The van der Waals surface area contributed by atoms with Gasteiger partial charge in [0.2, 0.25) is 0 Å². The molecule has 0 aliphatic carbocycles. The number of carbonyl (C=O) groups is 1. The number of aliphatic hydroxyl groups is 1. The Hall–Kier alpha value is -1.86. The van der Waals surface area contributed by atoms with Crippen molar-refractivity contribution in [3.05, 3.63) is 35.8 Å². The fourth-order valence-corrected chi connectivity index (χ4v) is 2.37. The Bertz CT molecular complexity index is 607. The van der Waals surface area contributed by atoms with Crippen LogP contribution in [0.4, 0.5) is 0 Å². The molecule has 7 heteroatoms. The van der Waals surface area contributed by atoms with E-state index in [1.165, 1.54) is 16.7 Å². The fraction of sp³-hybridized carbons (Fsp3) is 0.308. The van der Waals surface area contributed by atoms with Gasteiger partial charge in [0.25, 0.3) is 5.91 Å². The van der Waals surface area contributed by atoms with Crippen LogP contribution < -0.4 is 0 Å². The molecule has 20 heavy (non-hydrogen) atoms. The number of carbonyl (C=O) groups excluding carboxylic acids is 1. The maximum absolute atomic E-state index is 11.7. The van der Waals surface area contributed by atoms with Crippen LogP contribution in [-0.2, 0) is 13.7 Å². The van der Waals surface area contributed by atoms with Crippen LogP contribution >= 0.6 is 11.8 Å². The summed E-state index contributed by atoms with van der Waals surface area (Å²) in [4.78, 5) is 21.7. The predicted octanol–water partition coefficient (Wildman–Crippen LogP) is 1.16. The van der Waals surface area contributed by atoms with Gasteiger partial charge in [0.1, 0.15) is 5.03 Å². The van der Waals surface area contributed by atoms with E-state index in [0.29, 0.717) is 5.56 Å². The van der Waals surface area contributed by atoms with E-state index in [0.717, 1.165) is 15.9 Å². The number of hydrogen-bond donors (Lipinski definition) is 1. The van der Waals surface area contributed by atoms with Crippen molar-refractivity contribution >= 4 is 17.7 Å². The maximum atomic E-state index is 11.7. The molecule has 0 fully saturated rings. The molecular weight excluding hydrogens is 276 g/mol. The van der Waals surface area contributed by atoms with Crippen LogP contribution in [0.15, 0.2) is 34.7 Å². The Kier molecular flexibility index (Phi) is 4.41. The largest absolute Gasteiger partial charge is 0.390 e. The standard InChI is InChI=1S/C13H16N4O2S/c1-16(2)12(19)9-4-5-11(14-6-9)20-13-15-7-10(8-18)17(13)3/h4-7,18H,8H2,1-3H3. The molecule has 0 radical (unpaired) electrons. The number of hydrogen-bond acceptors (Lipinski definition) is 5. The van der Waals surface area contributed by atoms with E-state index in [4.69, 9.17) is 5.11 Å². The monoisotopic (exact) mass is 292 g/mol. The van der Waals surface area contributed by atoms with Crippen LogP contribution in [0.25, 0.3) is 0 Å². The summed E-state index contributed by atoms with van der Waals surface area (Å²) < 4.78 is 1.81. The molecule has 0 aliphatic rings. The minimum Gasteiger partial charge on any atom is -0.390 e. The number of aliphatic hydroxyl groups excluding tert-OH is 1. The molecule has 2 aromatic heterocycles. The normalized spacial score (nSPS) is 10.6. The third-order valence-electron chi connectivity index (χ3n) is 2.79. The molecule has 106 valence electrons. The highest BCUT2D eigenvalue weighted by atomic mass is 32.2. The molecule has 0 saturated heterocycles. The lowest BCUT2D eigenvalue weighted by atomic mass is 10.2. The van der Waals surface area contributed by atoms with Gasteiger partial charge in [-0.2, -0.15) is 0 Å². The molecule has 0 atom stereocenters. The zero-order chi connectivity index (χ0) is 14.7. The molecule has 1 N–H and O–H groups in total. The highest BCUT2D eigenvalue weighted by Crippen LogP contribution is 2.25. The van der Waals surface area contributed by atoms with Crippen LogP contribution in [-0.4, -0.2) is 44.5 Å². The molecule has 0 unspecified atom stereocenters. The summed E-state index contributed by atoms with van der Waals surface area (Å²) in [7, 11) is 5.25. The molecule has 0 aliphatic heterocycles. The molecule has 2 heterocycles. The summed E-state index contributed by atoms with van der Waals surface area (Å²) in [6, 6.07) is 3.53. The lowest BCUT2D eigenvalue weighted by Gasteiger charge is -2.10. The highest BCUT2D eigenvalue weighted by Gasteiger charge is 2.11. The van der Waals surface area contributed by atoms with Crippen molar-refractivity contribution in [3.63, 3.8) is 0 Å².